The first-order valence-electron chi connectivity index (χ1n) is 6.88. The van der Waals surface area contributed by atoms with Crippen LogP contribution in [0.15, 0.2) is 53.3 Å². The number of hydrogen-bond donors (Lipinski definition) is 3. The van der Waals surface area contributed by atoms with Crippen LogP contribution in [-0.2, 0) is 0 Å². The molecule has 0 aliphatic rings. The van der Waals surface area contributed by atoms with E-state index in [0.717, 1.165) is 10.2 Å². The number of hydrogen-bond acceptors (Lipinski definition) is 5. The Kier molecular flexibility index (Phi) is 4.82. The lowest BCUT2D eigenvalue weighted by molar-refractivity contribution is 0.628. The number of rotatable bonds is 4. The van der Waals surface area contributed by atoms with Crippen LogP contribution in [0.25, 0.3) is 0 Å². The SMILES string of the molecule is Nc1c(Nc2ccc(Br)cc2)ncnc1Nc1ccc(F)c(Cl)c1. The Morgan fingerprint density at radius 3 is 2.17 bits per heavy atom. The summed E-state index contributed by atoms with van der Waals surface area (Å²) in [6.07, 6.45) is 1.38. The molecule has 0 unspecified atom stereocenters. The minimum Gasteiger partial charge on any atom is -0.393 e. The number of nitrogens with one attached hydrogen (secondary N) is 2. The van der Waals surface area contributed by atoms with E-state index in [1.807, 2.05) is 24.3 Å². The summed E-state index contributed by atoms with van der Waals surface area (Å²) in [6, 6.07) is 11.9. The molecule has 0 amide bonds. The highest BCUT2D eigenvalue weighted by Gasteiger charge is 2.10. The van der Waals surface area contributed by atoms with E-state index in [2.05, 4.69) is 36.5 Å². The van der Waals surface area contributed by atoms with Gasteiger partial charge in [0, 0.05) is 15.8 Å². The Morgan fingerprint density at radius 1 is 0.958 bits per heavy atom. The van der Waals surface area contributed by atoms with Crippen LogP contribution in [0.5, 0.6) is 0 Å². The third kappa shape index (κ3) is 3.74. The molecule has 2 aromatic carbocycles. The van der Waals surface area contributed by atoms with Gasteiger partial charge in [0.1, 0.15) is 17.8 Å². The first kappa shape index (κ1) is 16.5. The van der Waals surface area contributed by atoms with Gasteiger partial charge in [0.25, 0.3) is 0 Å². The highest BCUT2D eigenvalue weighted by molar-refractivity contribution is 9.10. The fourth-order valence-electron chi connectivity index (χ4n) is 1.98. The zero-order valence-electron chi connectivity index (χ0n) is 12.2. The molecular formula is C16H12BrClFN5. The number of benzene rings is 2. The fraction of sp³-hybridized carbons (Fsp3) is 0. The van der Waals surface area contributed by atoms with Crippen LogP contribution in [0.3, 0.4) is 0 Å². The highest BCUT2D eigenvalue weighted by Crippen LogP contribution is 2.29. The lowest BCUT2D eigenvalue weighted by atomic mass is 10.3. The first-order valence-corrected chi connectivity index (χ1v) is 8.05. The molecular weight excluding hydrogens is 397 g/mol. The van der Waals surface area contributed by atoms with Gasteiger partial charge in [-0.1, -0.05) is 27.5 Å². The largest absolute Gasteiger partial charge is 0.393 e. The molecule has 0 aliphatic heterocycles. The molecule has 0 fully saturated rings. The summed E-state index contributed by atoms with van der Waals surface area (Å²) >= 11 is 9.16. The molecule has 3 rings (SSSR count). The van der Waals surface area contributed by atoms with Crippen molar-refractivity contribution < 1.29 is 4.39 Å². The van der Waals surface area contributed by atoms with Gasteiger partial charge in [-0.15, -0.1) is 0 Å². The maximum Gasteiger partial charge on any atom is 0.159 e. The van der Waals surface area contributed by atoms with Crippen molar-refractivity contribution in [3.8, 4) is 0 Å². The summed E-state index contributed by atoms with van der Waals surface area (Å²) < 4.78 is 14.2. The number of nitrogen functional groups attached to an aromatic ring is 1. The van der Waals surface area contributed by atoms with Crippen LogP contribution in [0.4, 0.5) is 33.1 Å². The normalized spacial score (nSPS) is 10.5. The molecule has 8 heteroatoms. The van der Waals surface area contributed by atoms with Crippen molar-refractivity contribution in [2.75, 3.05) is 16.4 Å². The molecule has 0 atom stereocenters. The number of aromatic nitrogens is 2. The molecule has 0 saturated heterocycles. The quantitative estimate of drug-likeness (QED) is 0.560. The second kappa shape index (κ2) is 7.02. The van der Waals surface area contributed by atoms with Crippen molar-refractivity contribution >= 4 is 56.2 Å². The Bertz CT molecular complexity index is 873. The number of anilines is 5. The molecule has 0 saturated carbocycles. The van der Waals surface area contributed by atoms with Gasteiger partial charge in [0.15, 0.2) is 11.6 Å². The van der Waals surface area contributed by atoms with E-state index in [1.165, 1.54) is 18.5 Å². The molecule has 0 bridgehead atoms. The van der Waals surface area contributed by atoms with Crippen LogP contribution >= 0.6 is 27.5 Å². The first-order chi connectivity index (χ1) is 11.5. The van der Waals surface area contributed by atoms with E-state index in [1.54, 1.807) is 6.07 Å². The smallest absolute Gasteiger partial charge is 0.159 e. The van der Waals surface area contributed by atoms with Gasteiger partial charge in [-0.3, -0.25) is 0 Å². The third-order valence-electron chi connectivity index (χ3n) is 3.17. The monoisotopic (exact) mass is 407 g/mol. The molecule has 0 spiro atoms. The predicted molar refractivity (Wildman–Crippen MR) is 98.6 cm³/mol. The van der Waals surface area contributed by atoms with Crippen molar-refractivity contribution in [1.82, 2.24) is 9.97 Å². The van der Waals surface area contributed by atoms with Crippen LogP contribution in [0.2, 0.25) is 5.02 Å². The maximum absolute atomic E-state index is 13.2. The fourth-order valence-corrected chi connectivity index (χ4v) is 2.42. The standard InChI is InChI=1S/C16H12BrClFN5/c17-9-1-3-10(4-2-9)23-15-14(20)16(22-8-21-15)24-11-5-6-13(19)12(18)7-11/h1-8H,20H2,(H2,21,22,23,24). The molecule has 1 aromatic heterocycles. The minimum absolute atomic E-state index is 0.0147. The topological polar surface area (TPSA) is 75.9 Å². The van der Waals surface area contributed by atoms with Crippen molar-refractivity contribution in [2.45, 2.75) is 0 Å². The molecule has 24 heavy (non-hydrogen) atoms. The average Bonchev–Trinajstić information content (AvgIpc) is 2.57. The maximum atomic E-state index is 13.2. The van der Waals surface area contributed by atoms with Crippen molar-refractivity contribution in [3.05, 3.63) is 64.1 Å². The molecule has 122 valence electrons. The third-order valence-corrected chi connectivity index (χ3v) is 3.99. The van der Waals surface area contributed by atoms with E-state index in [4.69, 9.17) is 17.3 Å². The molecule has 0 radical (unpaired) electrons. The van der Waals surface area contributed by atoms with Gasteiger partial charge in [-0.25, -0.2) is 14.4 Å². The van der Waals surface area contributed by atoms with Crippen LogP contribution < -0.4 is 16.4 Å². The molecule has 4 N–H and O–H groups in total. The minimum atomic E-state index is -0.490. The average molecular weight is 409 g/mol. The van der Waals surface area contributed by atoms with Gasteiger partial charge in [-0.2, -0.15) is 0 Å². The van der Waals surface area contributed by atoms with Gasteiger partial charge in [0.05, 0.1) is 5.02 Å². The van der Waals surface area contributed by atoms with Crippen LogP contribution in [0.1, 0.15) is 0 Å². The van der Waals surface area contributed by atoms with Gasteiger partial charge < -0.3 is 16.4 Å². The van der Waals surface area contributed by atoms with E-state index in [-0.39, 0.29) is 5.02 Å². The molecule has 1 heterocycles. The predicted octanol–water partition coefficient (Wildman–Crippen LogP) is 5.10. The number of halogens is 3. The zero-order chi connectivity index (χ0) is 17.1. The highest BCUT2D eigenvalue weighted by atomic mass is 79.9. The zero-order valence-corrected chi connectivity index (χ0v) is 14.6. The summed E-state index contributed by atoms with van der Waals surface area (Å²) in [5, 5.41) is 6.14. The lowest BCUT2D eigenvalue weighted by Crippen LogP contribution is -2.05. The lowest BCUT2D eigenvalue weighted by Gasteiger charge is -2.13. The van der Waals surface area contributed by atoms with Crippen molar-refractivity contribution in [3.63, 3.8) is 0 Å². The Labute approximate surface area is 151 Å². The van der Waals surface area contributed by atoms with E-state index in [0.29, 0.717) is 23.0 Å². The van der Waals surface area contributed by atoms with Gasteiger partial charge >= 0.3 is 0 Å². The molecule has 3 aromatic rings. The Morgan fingerprint density at radius 2 is 1.54 bits per heavy atom. The number of nitrogens with zero attached hydrogens (tertiary/aromatic N) is 2. The van der Waals surface area contributed by atoms with Gasteiger partial charge in [0.2, 0.25) is 0 Å². The summed E-state index contributed by atoms with van der Waals surface area (Å²) in [5.74, 6) is 0.366. The summed E-state index contributed by atoms with van der Waals surface area (Å²) in [6.45, 7) is 0. The Hall–Kier alpha value is -2.38. The molecule has 0 aliphatic carbocycles. The van der Waals surface area contributed by atoms with E-state index >= 15 is 0 Å². The van der Waals surface area contributed by atoms with Crippen molar-refractivity contribution in [1.29, 1.82) is 0 Å². The van der Waals surface area contributed by atoms with Crippen molar-refractivity contribution in [2.24, 2.45) is 0 Å². The number of nitrogens with two attached hydrogens (primary N) is 1. The summed E-state index contributed by atoms with van der Waals surface area (Å²) in [5.41, 5.74) is 7.85. The summed E-state index contributed by atoms with van der Waals surface area (Å²) in [7, 11) is 0. The second-order valence-corrected chi connectivity index (χ2v) is 6.19. The Balaban J connectivity index is 1.84. The van der Waals surface area contributed by atoms with E-state index < -0.39 is 5.82 Å². The van der Waals surface area contributed by atoms with Crippen LogP contribution in [-0.4, -0.2) is 9.97 Å². The van der Waals surface area contributed by atoms with Crippen LogP contribution in [0, 0.1) is 5.82 Å². The van der Waals surface area contributed by atoms with Gasteiger partial charge in [-0.05, 0) is 42.5 Å². The summed E-state index contributed by atoms with van der Waals surface area (Å²) in [4.78, 5) is 8.26. The van der Waals surface area contributed by atoms with E-state index in [9.17, 15) is 4.39 Å². The second-order valence-electron chi connectivity index (χ2n) is 4.87. The molecule has 5 nitrogen and oxygen atoms in total.